The van der Waals surface area contributed by atoms with Gasteiger partial charge in [0.25, 0.3) is 0 Å². The van der Waals surface area contributed by atoms with Crippen molar-refractivity contribution < 1.29 is 14.3 Å². The van der Waals surface area contributed by atoms with E-state index in [0.29, 0.717) is 32.8 Å². The van der Waals surface area contributed by atoms with Crippen LogP contribution in [0.4, 0.5) is 0 Å². The second kappa shape index (κ2) is 11.6. The number of piperazine rings is 1. The molecule has 37 heavy (non-hydrogen) atoms. The number of hydrogen-bond acceptors (Lipinski definition) is 5. The van der Waals surface area contributed by atoms with Gasteiger partial charge in [-0.1, -0.05) is 54.6 Å². The molecule has 2 atom stereocenters. The van der Waals surface area contributed by atoms with E-state index in [4.69, 9.17) is 4.74 Å². The SMILES string of the molecule is Cc1ccccc1C1c2ccsc2CCN1CC(=O)N1CCN(C(=O)COCc2ccccc2)C(C)C1. The number of benzene rings is 2. The van der Waals surface area contributed by atoms with Crippen LogP contribution in [-0.4, -0.2) is 71.9 Å². The molecular weight excluding hydrogens is 482 g/mol. The first-order valence-corrected chi connectivity index (χ1v) is 13.9. The van der Waals surface area contributed by atoms with Gasteiger partial charge < -0.3 is 14.5 Å². The lowest BCUT2D eigenvalue weighted by atomic mass is 9.90. The summed E-state index contributed by atoms with van der Waals surface area (Å²) in [6.07, 6.45) is 0.977. The van der Waals surface area contributed by atoms with Crippen molar-refractivity contribution in [3.63, 3.8) is 0 Å². The Morgan fingerprint density at radius 2 is 1.73 bits per heavy atom. The average Bonchev–Trinajstić information content (AvgIpc) is 3.38. The van der Waals surface area contributed by atoms with Gasteiger partial charge in [0.15, 0.2) is 0 Å². The first-order chi connectivity index (χ1) is 18.0. The van der Waals surface area contributed by atoms with Crippen molar-refractivity contribution >= 4 is 23.2 Å². The molecule has 2 aliphatic rings. The minimum Gasteiger partial charge on any atom is -0.367 e. The van der Waals surface area contributed by atoms with Crippen LogP contribution in [0.3, 0.4) is 0 Å². The van der Waals surface area contributed by atoms with Gasteiger partial charge in [-0.3, -0.25) is 14.5 Å². The number of hydrogen-bond donors (Lipinski definition) is 0. The number of nitrogens with zero attached hydrogens (tertiary/aromatic N) is 3. The summed E-state index contributed by atoms with van der Waals surface area (Å²) in [5.74, 6) is 0.118. The van der Waals surface area contributed by atoms with Crippen molar-refractivity contribution in [1.29, 1.82) is 0 Å². The fraction of sp³-hybridized carbons (Fsp3) is 0.400. The fourth-order valence-corrected chi connectivity index (χ4v) is 6.44. The van der Waals surface area contributed by atoms with Gasteiger partial charge in [-0.15, -0.1) is 11.3 Å². The zero-order chi connectivity index (χ0) is 25.8. The lowest BCUT2D eigenvalue weighted by Crippen LogP contribution is -2.57. The predicted octanol–water partition coefficient (Wildman–Crippen LogP) is 4.28. The van der Waals surface area contributed by atoms with Crippen LogP contribution in [0.2, 0.25) is 0 Å². The minimum absolute atomic E-state index is 0.0174. The maximum Gasteiger partial charge on any atom is 0.248 e. The zero-order valence-electron chi connectivity index (χ0n) is 21.6. The molecule has 194 valence electrons. The van der Waals surface area contributed by atoms with Gasteiger partial charge in [-0.25, -0.2) is 0 Å². The molecule has 3 heterocycles. The molecule has 0 bridgehead atoms. The summed E-state index contributed by atoms with van der Waals surface area (Å²) in [6, 6.07) is 20.6. The fourth-order valence-electron chi connectivity index (χ4n) is 5.54. The maximum absolute atomic E-state index is 13.5. The predicted molar refractivity (Wildman–Crippen MR) is 146 cm³/mol. The van der Waals surface area contributed by atoms with Crippen molar-refractivity contribution in [2.24, 2.45) is 0 Å². The Morgan fingerprint density at radius 3 is 2.51 bits per heavy atom. The number of carbonyl (C=O) groups excluding carboxylic acids is 2. The van der Waals surface area contributed by atoms with E-state index < -0.39 is 0 Å². The number of thiophene rings is 1. The first-order valence-electron chi connectivity index (χ1n) is 13.1. The third kappa shape index (κ3) is 5.79. The summed E-state index contributed by atoms with van der Waals surface area (Å²) in [5, 5.41) is 2.17. The van der Waals surface area contributed by atoms with Crippen LogP contribution in [-0.2, 0) is 27.4 Å². The maximum atomic E-state index is 13.5. The molecule has 1 aromatic heterocycles. The van der Waals surface area contributed by atoms with Crippen molar-refractivity contribution in [3.05, 3.63) is 93.2 Å². The molecule has 3 aromatic rings. The molecule has 0 aliphatic carbocycles. The van der Waals surface area contributed by atoms with Crippen LogP contribution >= 0.6 is 11.3 Å². The van der Waals surface area contributed by atoms with Crippen molar-refractivity contribution in [1.82, 2.24) is 14.7 Å². The van der Waals surface area contributed by atoms with Crippen LogP contribution in [0.5, 0.6) is 0 Å². The molecule has 0 spiro atoms. The van der Waals surface area contributed by atoms with E-state index in [1.807, 2.05) is 58.4 Å². The third-order valence-electron chi connectivity index (χ3n) is 7.52. The molecule has 1 saturated heterocycles. The molecule has 7 heteroatoms. The summed E-state index contributed by atoms with van der Waals surface area (Å²) in [5.41, 5.74) is 4.90. The van der Waals surface area contributed by atoms with Gasteiger partial charge >= 0.3 is 0 Å². The number of amides is 2. The Kier molecular flexibility index (Phi) is 8.03. The van der Waals surface area contributed by atoms with Crippen molar-refractivity contribution in [2.75, 3.05) is 39.3 Å². The summed E-state index contributed by atoms with van der Waals surface area (Å²) < 4.78 is 5.67. The van der Waals surface area contributed by atoms with Crippen LogP contribution in [0, 0.1) is 6.92 Å². The minimum atomic E-state index is -0.0393. The largest absolute Gasteiger partial charge is 0.367 e. The summed E-state index contributed by atoms with van der Waals surface area (Å²) in [6.45, 7) is 7.54. The zero-order valence-corrected chi connectivity index (χ0v) is 22.5. The molecule has 2 aliphatic heterocycles. The molecule has 0 saturated carbocycles. The summed E-state index contributed by atoms with van der Waals surface area (Å²) in [7, 11) is 0. The van der Waals surface area contributed by atoms with Gasteiger partial charge in [-0.2, -0.15) is 0 Å². The van der Waals surface area contributed by atoms with E-state index in [1.165, 1.54) is 21.6 Å². The highest BCUT2D eigenvalue weighted by molar-refractivity contribution is 7.10. The first kappa shape index (κ1) is 25.6. The van der Waals surface area contributed by atoms with E-state index in [-0.39, 0.29) is 30.5 Å². The molecular formula is C30H35N3O3S. The Balaban J connectivity index is 1.19. The summed E-state index contributed by atoms with van der Waals surface area (Å²) >= 11 is 1.82. The van der Waals surface area contributed by atoms with Crippen LogP contribution in [0.25, 0.3) is 0 Å². The van der Waals surface area contributed by atoms with E-state index in [0.717, 1.165) is 18.5 Å². The standard InChI is InChI=1S/C30H35N3O3S/c1-22-8-6-7-11-25(22)30-26-13-17-37-27(26)12-14-32(30)19-28(34)31-15-16-33(23(2)18-31)29(35)21-36-20-24-9-4-3-5-10-24/h3-11,13,17,23,30H,12,14-16,18-21H2,1-2H3. The Bertz CT molecular complexity index is 1230. The number of ether oxygens (including phenoxy) is 1. The highest BCUT2D eigenvalue weighted by Gasteiger charge is 2.34. The van der Waals surface area contributed by atoms with Gasteiger partial charge in [0, 0.05) is 37.1 Å². The molecule has 5 rings (SSSR count). The van der Waals surface area contributed by atoms with Crippen LogP contribution < -0.4 is 0 Å². The Labute approximate surface area is 223 Å². The number of rotatable bonds is 7. The molecule has 1 fully saturated rings. The van der Waals surface area contributed by atoms with Crippen molar-refractivity contribution in [3.8, 4) is 0 Å². The third-order valence-corrected chi connectivity index (χ3v) is 8.52. The second-order valence-electron chi connectivity index (χ2n) is 10.0. The second-order valence-corrected chi connectivity index (χ2v) is 11.0. The van der Waals surface area contributed by atoms with Crippen molar-refractivity contribution in [2.45, 2.75) is 39.0 Å². The molecule has 2 amide bonds. The lowest BCUT2D eigenvalue weighted by Gasteiger charge is -2.42. The van der Waals surface area contributed by atoms with Crippen LogP contribution in [0.15, 0.2) is 66.0 Å². The monoisotopic (exact) mass is 517 g/mol. The smallest absolute Gasteiger partial charge is 0.248 e. The van der Waals surface area contributed by atoms with Gasteiger partial charge in [0.1, 0.15) is 6.61 Å². The van der Waals surface area contributed by atoms with Gasteiger partial charge in [0.05, 0.1) is 19.2 Å². The number of fused-ring (bicyclic) bond motifs is 1. The van der Waals surface area contributed by atoms with Gasteiger partial charge in [0.2, 0.25) is 11.8 Å². The number of aryl methyl sites for hydroxylation is 1. The quantitative estimate of drug-likeness (QED) is 0.470. The molecule has 2 unspecified atom stereocenters. The highest BCUT2D eigenvalue weighted by atomic mass is 32.1. The molecule has 2 aromatic carbocycles. The van der Waals surface area contributed by atoms with E-state index >= 15 is 0 Å². The molecule has 0 N–H and O–H groups in total. The number of carbonyl (C=O) groups is 2. The topological polar surface area (TPSA) is 53.1 Å². The average molecular weight is 518 g/mol. The lowest BCUT2D eigenvalue weighted by molar-refractivity contribution is -0.146. The normalized spacial score (nSPS) is 20.1. The van der Waals surface area contributed by atoms with E-state index in [1.54, 1.807) is 0 Å². The van der Waals surface area contributed by atoms with Crippen LogP contribution in [0.1, 0.15) is 40.1 Å². The van der Waals surface area contributed by atoms with E-state index in [2.05, 4.69) is 47.5 Å². The molecule has 0 radical (unpaired) electrons. The summed E-state index contributed by atoms with van der Waals surface area (Å²) in [4.78, 5) is 33.8. The van der Waals surface area contributed by atoms with E-state index in [9.17, 15) is 9.59 Å². The highest BCUT2D eigenvalue weighted by Crippen LogP contribution is 2.38. The Hall–Kier alpha value is -3.00. The Morgan fingerprint density at radius 1 is 0.946 bits per heavy atom. The molecule has 6 nitrogen and oxygen atoms in total. The van der Waals surface area contributed by atoms with Gasteiger partial charge in [-0.05, 0) is 54.0 Å².